The average molecular weight is 384 g/mol. The number of nitrogens with one attached hydrogen (secondary N) is 1. The van der Waals surface area contributed by atoms with Gasteiger partial charge in [0.2, 0.25) is 0 Å². The molecule has 0 bridgehead atoms. The molecule has 29 heavy (non-hydrogen) atoms. The molecule has 0 unspecified atom stereocenters. The van der Waals surface area contributed by atoms with Crippen molar-refractivity contribution >= 4 is 22.6 Å². The Labute approximate surface area is 168 Å². The van der Waals surface area contributed by atoms with Crippen LogP contribution in [0.2, 0.25) is 0 Å². The molecular weight excluding hydrogens is 364 g/mol. The number of para-hydroxylation sites is 3. The monoisotopic (exact) mass is 384 g/mol. The number of anilines is 1. The van der Waals surface area contributed by atoms with E-state index in [0.717, 1.165) is 11.3 Å². The van der Waals surface area contributed by atoms with Crippen LogP contribution in [-0.2, 0) is 17.9 Å². The molecule has 0 fully saturated rings. The topological polar surface area (TPSA) is 67.2 Å². The largest absolute Gasteiger partial charge is 0.296 e. The molecule has 6 heteroatoms. The summed E-state index contributed by atoms with van der Waals surface area (Å²) in [6.07, 6.45) is 1.24. The number of aromatic nitrogens is 2. The zero-order chi connectivity index (χ0) is 20.1. The van der Waals surface area contributed by atoms with Gasteiger partial charge < -0.3 is 0 Å². The molecule has 1 amide bonds. The van der Waals surface area contributed by atoms with Gasteiger partial charge in [-0.15, -0.1) is 0 Å². The van der Waals surface area contributed by atoms with E-state index >= 15 is 0 Å². The molecule has 1 N–H and O–H groups in total. The quantitative estimate of drug-likeness (QED) is 0.519. The van der Waals surface area contributed by atoms with Gasteiger partial charge in [0.25, 0.3) is 11.5 Å². The highest BCUT2D eigenvalue weighted by Gasteiger charge is 2.14. The van der Waals surface area contributed by atoms with E-state index in [1.54, 1.807) is 11.1 Å². The van der Waals surface area contributed by atoms with Gasteiger partial charge in [0.15, 0.2) is 0 Å². The van der Waals surface area contributed by atoms with Crippen LogP contribution in [0.4, 0.5) is 5.69 Å². The Kier molecular flexibility index (Phi) is 5.33. The molecule has 0 aliphatic heterocycles. The zero-order valence-corrected chi connectivity index (χ0v) is 15.7. The number of amides is 1. The Morgan fingerprint density at radius 2 is 1.55 bits per heavy atom. The summed E-state index contributed by atoms with van der Waals surface area (Å²) in [6, 6.07) is 26.8. The summed E-state index contributed by atoms with van der Waals surface area (Å²) in [5, 5.41) is 1.78. The van der Waals surface area contributed by atoms with Crippen molar-refractivity contribution in [3.05, 3.63) is 107 Å². The summed E-state index contributed by atoms with van der Waals surface area (Å²) in [5.41, 5.74) is 5.84. The van der Waals surface area contributed by atoms with E-state index in [2.05, 4.69) is 10.4 Å². The fraction of sp³-hybridized carbons (Fsp3) is 0.0870. The summed E-state index contributed by atoms with van der Waals surface area (Å²) < 4.78 is 1.43. The van der Waals surface area contributed by atoms with Crippen molar-refractivity contribution in [3.63, 3.8) is 0 Å². The lowest BCUT2D eigenvalue weighted by atomic mass is 10.2. The molecule has 0 spiro atoms. The number of nitrogens with zero attached hydrogens (tertiary/aromatic N) is 3. The molecule has 0 aliphatic rings. The summed E-state index contributed by atoms with van der Waals surface area (Å²) in [4.78, 5) is 29.3. The molecule has 3 aromatic carbocycles. The van der Waals surface area contributed by atoms with Crippen LogP contribution in [0.5, 0.6) is 0 Å². The first-order valence-corrected chi connectivity index (χ1v) is 9.31. The third-order valence-corrected chi connectivity index (χ3v) is 4.57. The number of hydrogen-bond acceptors (Lipinski definition) is 4. The van der Waals surface area contributed by atoms with E-state index < -0.39 is 0 Å². The second-order valence-corrected chi connectivity index (χ2v) is 6.61. The van der Waals surface area contributed by atoms with Crippen molar-refractivity contribution in [3.8, 4) is 0 Å². The summed E-state index contributed by atoms with van der Waals surface area (Å²) in [7, 11) is 0. The molecule has 0 saturated heterocycles. The van der Waals surface area contributed by atoms with Gasteiger partial charge in [-0.3, -0.25) is 24.6 Å². The number of benzene rings is 3. The first-order chi connectivity index (χ1) is 14.2. The SMILES string of the molecule is O=C(Cn1c(=O)cnc2ccccc21)NN(Cc1ccccc1)c1ccccc1. The second kappa shape index (κ2) is 8.39. The van der Waals surface area contributed by atoms with Gasteiger partial charge in [0, 0.05) is 0 Å². The maximum atomic E-state index is 12.8. The van der Waals surface area contributed by atoms with Gasteiger partial charge in [0.05, 0.1) is 29.5 Å². The van der Waals surface area contributed by atoms with Crippen molar-refractivity contribution in [1.29, 1.82) is 0 Å². The lowest BCUT2D eigenvalue weighted by Crippen LogP contribution is -2.44. The molecule has 0 saturated carbocycles. The molecule has 4 aromatic rings. The third-order valence-electron chi connectivity index (χ3n) is 4.57. The van der Waals surface area contributed by atoms with Gasteiger partial charge in [-0.25, -0.2) is 4.98 Å². The van der Waals surface area contributed by atoms with E-state index in [-0.39, 0.29) is 18.0 Å². The Morgan fingerprint density at radius 3 is 2.31 bits per heavy atom. The number of hydrazine groups is 1. The maximum absolute atomic E-state index is 12.8. The van der Waals surface area contributed by atoms with Crippen molar-refractivity contribution in [2.24, 2.45) is 0 Å². The van der Waals surface area contributed by atoms with Crippen LogP contribution in [0.15, 0.2) is 95.9 Å². The smallest absolute Gasteiger partial charge is 0.269 e. The van der Waals surface area contributed by atoms with E-state index in [9.17, 15) is 9.59 Å². The number of fused-ring (bicyclic) bond motifs is 1. The van der Waals surface area contributed by atoms with Gasteiger partial charge in [-0.1, -0.05) is 60.7 Å². The molecular formula is C23H20N4O2. The maximum Gasteiger partial charge on any atom is 0.269 e. The molecule has 0 aliphatic carbocycles. The fourth-order valence-electron chi connectivity index (χ4n) is 3.18. The predicted molar refractivity (Wildman–Crippen MR) is 113 cm³/mol. The van der Waals surface area contributed by atoms with Crippen LogP contribution in [0.3, 0.4) is 0 Å². The van der Waals surface area contributed by atoms with E-state index in [1.807, 2.05) is 78.9 Å². The van der Waals surface area contributed by atoms with Gasteiger partial charge in [-0.2, -0.15) is 0 Å². The normalized spacial score (nSPS) is 10.6. The summed E-state index contributed by atoms with van der Waals surface area (Å²) in [5.74, 6) is -0.289. The lowest BCUT2D eigenvalue weighted by Gasteiger charge is -2.26. The van der Waals surface area contributed by atoms with Crippen molar-refractivity contribution in [2.75, 3.05) is 5.01 Å². The van der Waals surface area contributed by atoms with Gasteiger partial charge in [0.1, 0.15) is 6.54 Å². The van der Waals surface area contributed by atoms with Crippen LogP contribution in [-0.4, -0.2) is 15.5 Å². The second-order valence-electron chi connectivity index (χ2n) is 6.61. The first-order valence-electron chi connectivity index (χ1n) is 9.31. The van der Waals surface area contributed by atoms with E-state index in [1.165, 1.54) is 10.8 Å². The minimum absolute atomic E-state index is 0.0972. The Morgan fingerprint density at radius 1 is 0.897 bits per heavy atom. The van der Waals surface area contributed by atoms with Crippen LogP contribution >= 0.6 is 0 Å². The highest BCUT2D eigenvalue weighted by atomic mass is 16.2. The van der Waals surface area contributed by atoms with Crippen molar-refractivity contribution < 1.29 is 4.79 Å². The number of rotatable bonds is 6. The van der Waals surface area contributed by atoms with E-state index in [0.29, 0.717) is 17.6 Å². The Bertz CT molecular complexity index is 1170. The highest BCUT2D eigenvalue weighted by molar-refractivity contribution is 5.81. The average Bonchev–Trinajstić information content (AvgIpc) is 2.77. The standard InChI is InChI=1S/C23H20N4O2/c28-22(17-26-21-14-8-7-13-20(21)24-15-23(26)29)25-27(19-11-5-2-6-12-19)16-18-9-3-1-4-10-18/h1-15H,16-17H2,(H,25,28). The molecule has 0 radical (unpaired) electrons. The zero-order valence-electron chi connectivity index (χ0n) is 15.7. The molecule has 6 nitrogen and oxygen atoms in total. The Hall–Kier alpha value is -3.93. The number of carbonyl (C=O) groups excluding carboxylic acids is 1. The van der Waals surface area contributed by atoms with Gasteiger partial charge in [-0.05, 0) is 29.8 Å². The first kappa shape index (κ1) is 18.4. The Balaban J connectivity index is 1.59. The predicted octanol–water partition coefficient (Wildman–Crippen LogP) is 3.13. The fourth-order valence-corrected chi connectivity index (χ4v) is 3.18. The van der Waals surface area contributed by atoms with Crippen molar-refractivity contribution in [1.82, 2.24) is 15.0 Å². The number of carbonyl (C=O) groups is 1. The minimum Gasteiger partial charge on any atom is -0.296 e. The van der Waals surface area contributed by atoms with E-state index in [4.69, 9.17) is 0 Å². The molecule has 4 rings (SSSR count). The number of hydrogen-bond donors (Lipinski definition) is 1. The molecule has 0 atom stereocenters. The van der Waals surface area contributed by atoms with Gasteiger partial charge >= 0.3 is 0 Å². The van der Waals surface area contributed by atoms with Crippen LogP contribution in [0.25, 0.3) is 11.0 Å². The van der Waals surface area contributed by atoms with Crippen LogP contribution < -0.4 is 16.0 Å². The molecule has 1 heterocycles. The third kappa shape index (κ3) is 4.32. The molecule has 144 valence electrons. The summed E-state index contributed by atoms with van der Waals surface area (Å²) >= 11 is 0. The minimum atomic E-state index is -0.312. The van der Waals surface area contributed by atoms with Crippen LogP contribution in [0.1, 0.15) is 5.56 Å². The van der Waals surface area contributed by atoms with Crippen LogP contribution in [0, 0.1) is 0 Å². The highest BCUT2D eigenvalue weighted by Crippen LogP contribution is 2.15. The van der Waals surface area contributed by atoms with Crippen molar-refractivity contribution in [2.45, 2.75) is 13.1 Å². The molecule has 1 aromatic heterocycles. The summed E-state index contributed by atoms with van der Waals surface area (Å²) in [6.45, 7) is 0.405. The lowest BCUT2D eigenvalue weighted by molar-refractivity contribution is -0.121.